The van der Waals surface area contributed by atoms with E-state index in [2.05, 4.69) is 36.2 Å². The minimum absolute atomic E-state index is 0. The van der Waals surface area contributed by atoms with Crippen molar-refractivity contribution in [1.29, 1.82) is 0 Å². The third-order valence-corrected chi connectivity index (χ3v) is 6.91. The van der Waals surface area contributed by atoms with Crippen LogP contribution in [0.3, 0.4) is 0 Å². The van der Waals surface area contributed by atoms with Gasteiger partial charge in [0, 0.05) is 17.7 Å². The first-order valence-electron chi connectivity index (χ1n) is 4.32. The lowest BCUT2D eigenvalue weighted by Gasteiger charge is -2.22. The quantitative estimate of drug-likeness (QED) is 0.668. The van der Waals surface area contributed by atoms with Gasteiger partial charge < -0.3 is 0 Å². The fraction of sp³-hybridized carbons (Fsp3) is 1.00. The van der Waals surface area contributed by atoms with E-state index < -0.39 is 0 Å². The third kappa shape index (κ3) is 3.28. The zero-order valence-electron chi connectivity index (χ0n) is 6.53. The molecule has 82 valence electrons. The van der Waals surface area contributed by atoms with Crippen LogP contribution in [0.4, 0.5) is 0 Å². The number of hydrogen-bond acceptors (Lipinski definition) is 3. The molecule has 13 heavy (non-hydrogen) atoms. The van der Waals surface area contributed by atoms with Crippen molar-refractivity contribution in [2.45, 2.75) is 55.6 Å². The molecule has 2 unspecified atom stereocenters. The molecule has 3 heteroatoms. The first-order chi connectivity index (χ1) is 5.40. The monoisotopic (exact) mass is 240 g/mol. The Kier molecular flexibility index (Phi) is 7.04. The molecule has 2 atom stereocenters. The Bertz CT molecular complexity index is 129. The SMILES string of the molecule is C.C.SCC1SC2CCCCC2S1.[HH]. The van der Waals surface area contributed by atoms with Gasteiger partial charge in [-0.15, -0.1) is 23.5 Å². The Balaban J connectivity index is 0. The van der Waals surface area contributed by atoms with Gasteiger partial charge in [-0.1, -0.05) is 27.7 Å². The molecule has 0 N–H and O–H groups in total. The second-order valence-electron chi connectivity index (χ2n) is 3.25. The van der Waals surface area contributed by atoms with Crippen LogP contribution < -0.4 is 0 Å². The minimum atomic E-state index is 0. The number of hydrogen-bond donors (Lipinski definition) is 1. The molecule has 1 aliphatic heterocycles. The smallest absolute Gasteiger partial charge is 0.0596 e. The Hall–Kier alpha value is 1.05. The number of fused-ring (bicyclic) bond motifs is 1. The van der Waals surface area contributed by atoms with E-state index in [0.717, 1.165) is 20.8 Å². The first kappa shape index (κ1) is 14.1. The maximum atomic E-state index is 4.35. The summed E-state index contributed by atoms with van der Waals surface area (Å²) in [7, 11) is 0. The third-order valence-electron chi connectivity index (χ3n) is 2.44. The lowest BCUT2D eigenvalue weighted by molar-refractivity contribution is 0.532. The second-order valence-corrected chi connectivity index (χ2v) is 6.80. The molecule has 1 saturated heterocycles. The van der Waals surface area contributed by atoms with Crippen molar-refractivity contribution in [3.05, 3.63) is 0 Å². The van der Waals surface area contributed by atoms with Crippen LogP contribution in [0.5, 0.6) is 0 Å². The van der Waals surface area contributed by atoms with Crippen molar-refractivity contribution >= 4 is 36.2 Å². The molecule has 2 fully saturated rings. The summed E-state index contributed by atoms with van der Waals surface area (Å²) >= 11 is 8.72. The Morgan fingerprint density at radius 2 is 1.54 bits per heavy atom. The Morgan fingerprint density at radius 3 is 1.92 bits per heavy atom. The molecule has 2 aliphatic rings. The van der Waals surface area contributed by atoms with Gasteiger partial charge in [0.05, 0.1) is 4.58 Å². The summed E-state index contributed by atoms with van der Waals surface area (Å²) < 4.78 is 0.798. The zero-order chi connectivity index (χ0) is 7.68. The van der Waals surface area contributed by atoms with Gasteiger partial charge in [-0.3, -0.25) is 0 Å². The second kappa shape index (κ2) is 6.52. The molecule has 1 aliphatic carbocycles. The molecule has 0 aromatic rings. The molecule has 1 heterocycles. The van der Waals surface area contributed by atoms with E-state index in [1.54, 1.807) is 0 Å². The molecule has 1 saturated carbocycles. The molecule has 0 amide bonds. The topological polar surface area (TPSA) is 0 Å². The van der Waals surface area contributed by atoms with Gasteiger partial charge in [0.1, 0.15) is 0 Å². The minimum Gasteiger partial charge on any atom is -0.177 e. The molecule has 0 aromatic carbocycles. The van der Waals surface area contributed by atoms with E-state index >= 15 is 0 Å². The summed E-state index contributed by atoms with van der Waals surface area (Å²) in [5.74, 6) is 1.06. The Labute approximate surface area is 98.9 Å². The van der Waals surface area contributed by atoms with Gasteiger partial charge in [0.25, 0.3) is 0 Å². The summed E-state index contributed by atoms with van der Waals surface area (Å²) in [4.78, 5) is 0. The molecule has 0 nitrogen and oxygen atoms in total. The average molecular weight is 241 g/mol. The number of thioether (sulfide) groups is 2. The van der Waals surface area contributed by atoms with Gasteiger partial charge in [-0.05, 0) is 12.8 Å². The summed E-state index contributed by atoms with van der Waals surface area (Å²) in [5.41, 5.74) is 0. The van der Waals surface area contributed by atoms with Gasteiger partial charge in [0.15, 0.2) is 0 Å². The largest absolute Gasteiger partial charge is 0.177 e. The normalized spacial score (nSPS) is 37.2. The highest BCUT2D eigenvalue weighted by Gasteiger charge is 2.35. The number of rotatable bonds is 1. The molecular weight excluding hydrogens is 216 g/mol. The van der Waals surface area contributed by atoms with Crippen LogP contribution in [0.1, 0.15) is 42.0 Å². The first-order valence-corrected chi connectivity index (χ1v) is 6.84. The van der Waals surface area contributed by atoms with E-state index in [4.69, 9.17) is 0 Å². The van der Waals surface area contributed by atoms with Crippen LogP contribution in [0.15, 0.2) is 0 Å². The maximum absolute atomic E-state index is 4.35. The van der Waals surface area contributed by atoms with E-state index in [0.29, 0.717) is 0 Å². The van der Waals surface area contributed by atoms with Crippen molar-refractivity contribution < 1.29 is 1.43 Å². The molecule has 0 radical (unpaired) electrons. The highest BCUT2D eigenvalue weighted by molar-refractivity contribution is 8.21. The van der Waals surface area contributed by atoms with Gasteiger partial charge in [-0.2, -0.15) is 12.6 Å². The van der Waals surface area contributed by atoms with Crippen molar-refractivity contribution in [3.63, 3.8) is 0 Å². The van der Waals surface area contributed by atoms with Crippen molar-refractivity contribution in [3.8, 4) is 0 Å². The summed E-state index contributed by atoms with van der Waals surface area (Å²) in [5, 5.41) is 1.96. The van der Waals surface area contributed by atoms with Gasteiger partial charge in [0.2, 0.25) is 0 Å². The van der Waals surface area contributed by atoms with Crippen LogP contribution in [0.25, 0.3) is 0 Å². The van der Waals surface area contributed by atoms with Crippen LogP contribution in [-0.4, -0.2) is 20.8 Å². The Morgan fingerprint density at radius 1 is 1.08 bits per heavy atom. The number of thiol groups is 1. The van der Waals surface area contributed by atoms with Crippen molar-refractivity contribution in [1.82, 2.24) is 0 Å². The van der Waals surface area contributed by atoms with Gasteiger partial charge in [-0.25, -0.2) is 0 Å². The lowest BCUT2D eigenvalue weighted by atomic mass is 10.00. The standard InChI is InChI=1S/C8H14S3.2CH4.H2/c9-5-8-10-6-3-1-2-4-7(6)11-8;;;/h6-9H,1-5H2;2*1H4;1H. The van der Waals surface area contributed by atoms with E-state index in [1.807, 2.05) is 0 Å². The lowest BCUT2D eigenvalue weighted by Crippen LogP contribution is -2.19. The molecule has 0 aromatic heterocycles. The van der Waals surface area contributed by atoms with E-state index in [-0.39, 0.29) is 16.3 Å². The fourth-order valence-corrected chi connectivity index (χ4v) is 6.08. The van der Waals surface area contributed by atoms with Crippen LogP contribution in [-0.2, 0) is 0 Å². The van der Waals surface area contributed by atoms with E-state index in [1.165, 1.54) is 25.7 Å². The van der Waals surface area contributed by atoms with Crippen LogP contribution in [0.2, 0.25) is 0 Å². The van der Waals surface area contributed by atoms with E-state index in [9.17, 15) is 0 Å². The maximum Gasteiger partial charge on any atom is 0.0596 e. The summed E-state index contributed by atoms with van der Waals surface area (Å²) in [6.07, 6.45) is 5.86. The molecule has 0 bridgehead atoms. The zero-order valence-corrected chi connectivity index (χ0v) is 9.06. The summed E-state index contributed by atoms with van der Waals surface area (Å²) in [6.45, 7) is 0. The molecular formula is C10H24S3. The molecule has 2 rings (SSSR count). The van der Waals surface area contributed by atoms with Crippen LogP contribution in [0, 0.1) is 0 Å². The van der Waals surface area contributed by atoms with Crippen molar-refractivity contribution in [2.75, 3.05) is 5.75 Å². The highest BCUT2D eigenvalue weighted by atomic mass is 32.2. The predicted molar refractivity (Wildman–Crippen MR) is 74.4 cm³/mol. The average Bonchev–Trinajstić information content (AvgIpc) is 2.46. The fourth-order valence-electron chi connectivity index (χ4n) is 1.88. The van der Waals surface area contributed by atoms with Crippen LogP contribution >= 0.6 is 36.2 Å². The highest BCUT2D eigenvalue weighted by Crippen LogP contribution is 2.49. The summed E-state index contributed by atoms with van der Waals surface area (Å²) in [6, 6.07) is 0. The molecule has 0 spiro atoms. The predicted octanol–water partition coefficient (Wildman–Crippen LogP) is 4.55. The van der Waals surface area contributed by atoms with Crippen molar-refractivity contribution in [2.24, 2.45) is 0 Å². The van der Waals surface area contributed by atoms with Gasteiger partial charge >= 0.3 is 0 Å².